The number of sulfonamides is 1. The van der Waals surface area contributed by atoms with Gasteiger partial charge in [0.25, 0.3) is 0 Å². The molecule has 1 saturated heterocycles. The van der Waals surface area contributed by atoms with Crippen molar-refractivity contribution in [2.45, 2.75) is 25.3 Å². The minimum atomic E-state index is -3.13. The Morgan fingerprint density at radius 2 is 2.06 bits per heavy atom. The Labute approximate surface area is 109 Å². The van der Waals surface area contributed by atoms with Crippen LogP contribution in [0, 0.1) is 0 Å². The first-order valence-corrected chi connectivity index (χ1v) is 8.05. The Bertz CT molecular complexity index is 453. The lowest BCUT2D eigenvalue weighted by Crippen LogP contribution is -2.37. The maximum Gasteiger partial charge on any atom is 0.211 e. The zero-order valence-electron chi connectivity index (χ0n) is 10.4. The van der Waals surface area contributed by atoms with Crippen LogP contribution in [0.2, 0.25) is 0 Å². The maximum absolute atomic E-state index is 11.8. The molecule has 0 aromatic heterocycles. The third kappa shape index (κ3) is 4.40. The zero-order valence-corrected chi connectivity index (χ0v) is 11.2. The third-order valence-corrected chi connectivity index (χ3v) is 4.65. The van der Waals surface area contributed by atoms with Crippen molar-refractivity contribution in [1.29, 1.82) is 0 Å². The first-order valence-electron chi connectivity index (χ1n) is 6.40. The fraction of sp³-hybridized carbons (Fsp3) is 0.538. The van der Waals surface area contributed by atoms with Gasteiger partial charge in [-0.05, 0) is 31.4 Å². The fourth-order valence-corrected chi connectivity index (χ4v) is 3.53. The van der Waals surface area contributed by atoms with E-state index in [0.717, 1.165) is 25.9 Å². The van der Waals surface area contributed by atoms with Crippen LogP contribution in [0.25, 0.3) is 0 Å². The lowest BCUT2D eigenvalue weighted by atomic mass is 10.1. The van der Waals surface area contributed by atoms with Crippen molar-refractivity contribution < 1.29 is 8.42 Å². The van der Waals surface area contributed by atoms with Gasteiger partial charge in [0.1, 0.15) is 0 Å². The highest BCUT2D eigenvalue weighted by Crippen LogP contribution is 2.05. The molecule has 100 valence electrons. The van der Waals surface area contributed by atoms with E-state index in [4.69, 9.17) is 0 Å². The van der Waals surface area contributed by atoms with Gasteiger partial charge in [-0.15, -0.1) is 0 Å². The second-order valence-corrected chi connectivity index (χ2v) is 6.59. The molecule has 0 amide bonds. The van der Waals surface area contributed by atoms with Crippen LogP contribution in [-0.2, 0) is 16.4 Å². The molecule has 1 aromatic rings. The molecule has 1 unspecified atom stereocenters. The first kappa shape index (κ1) is 13.5. The molecule has 0 spiro atoms. The molecule has 0 radical (unpaired) electrons. The van der Waals surface area contributed by atoms with Gasteiger partial charge in [-0.1, -0.05) is 30.3 Å². The molecule has 1 aliphatic heterocycles. The van der Waals surface area contributed by atoms with E-state index in [0.29, 0.717) is 6.42 Å². The summed E-state index contributed by atoms with van der Waals surface area (Å²) in [7, 11) is -3.13. The molecular weight excluding hydrogens is 248 g/mol. The number of hydrogen-bond acceptors (Lipinski definition) is 3. The van der Waals surface area contributed by atoms with Gasteiger partial charge in [-0.25, -0.2) is 13.1 Å². The highest BCUT2D eigenvalue weighted by atomic mass is 32.2. The second-order valence-electron chi connectivity index (χ2n) is 4.72. The largest absolute Gasteiger partial charge is 0.315 e. The van der Waals surface area contributed by atoms with E-state index in [1.807, 2.05) is 30.3 Å². The summed E-state index contributed by atoms with van der Waals surface area (Å²) in [5, 5.41) is 3.15. The van der Waals surface area contributed by atoms with Gasteiger partial charge in [0, 0.05) is 12.6 Å². The van der Waals surface area contributed by atoms with Crippen LogP contribution in [-0.4, -0.2) is 33.3 Å². The predicted octanol–water partition coefficient (Wildman–Crippen LogP) is 0.901. The smallest absolute Gasteiger partial charge is 0.211 e. The average molecular weight is 268 g/mol. The zero-order chi connectivity index (χ0) is 12.8. The summed E-state index contributed by atoms with van der Waals surface area (Å²) >= 11 is 0. The van der Waals surface area contributed by atoms with Crippen molar-refractivity contribution in [3.63, 3.8) is 0 Å². The lowest BCUT2D eigenvalue weighted by molar-refractivity contribution is 0.557. The molecule has 1 heterocycles. The summed E-state index contributed by atoms with van der Waals surface area (Å²) in [6.07, 6.45) is 2.36. The standard InChI is InChI=1S/C13H20N2O2S/c16-18(17,15-13-8-9-14-11-13)10-4-7-12-5-2-1-3-6-12/h1-3,5-6,13-15H,4,7-11H2. The van der Waals surface area contributed by atoms with Crippen LogP contribution < -0.4 is 10.0 Å². The Morgan fingerprint density at radius 1 is 1.28 bits per heavy atom. The van der Waals surface area contributed by atoms with Gasteiger partial charge in [0.2, 0.25) is 10.0 Å². The van der Waals surface area contributed by atoms with E-state index in [1.165, 1.54) is 5.56 Å². The molecule has 2 rings (SSSR count). The molecule has 18 heavy (non-hydrogen) atoms. The quantitative estimate of drug-likeness (QED) is 0.806. The normalized spacial score (nSPS) is 20.1. The first-order chi connectivity index (χ1) is 8.66. The van der Waals surface area contributed by atoms with E-state index in [-0.39, 0.29) is 11.8 Å². The van der Waals surface area contributed by atoms with Crippen molar-refractivity contribution in [3.8, 4) is 0 Å². The minimum absolute atomic E-state index is 0.0757. The number of benzene rings is 1. The van der Waals surface area contributed by atoms with E-state index < -0.39 is 10.0 Å². The Morgan fingerprint density at radius 3 is 2.72 bits per heavy atom. The summed E-state index contributed by atoms with van der Waals surface area (Å²) in [5.41, 5.74) is 1.19. The number of nitrogens with one attached hydrogen (secondary N) is 2. The Hall–Kier alpha value is -0.910. The molecule has 5 heteroatoms. The lowest BCUT2D eigenvalue weighted by Gasteiger charge is -2.11. The Kier molecular flexibility index (Phi) is 4.74. The molecule has 1 atom stereocenters. The van der Waals surface area contributed by atoms with E-state index >= 15 is 0 Å². The van der Waals surface area contributed by atoms with Crippen LogP contribution in [0.1, 0.15) is 18.4 Å². The minimum Gasteiger partial charge on any atom is -0.315 e. The summed E-state index contributed by atoms with van der Waals surface area (Å²) in [5.74, 6) is 0.207. The average Bonchev–Trinajstić information content (AvgIpc) is 2.82. The molecule has 1 aliphatic rings. The van der Waals surface area contributed by atoms with Crippen LogP contribution in [0.15, 0.2) is 30.3 Å². The molecule has 4 nitrogen and oxygen atoms in total. The van der Waals surface area contributed by atoms with Crippen molar-refractivity contribution in [1.82, 2.24) is 10.0 Å². The highest BCUT2D eigenvalue weighted by molar-refractivity contribution is 7.89. The monoisotopic (exact) mass is 268 g/mol. The van der Waals surface area contributed by atoms with Crippen molar-refractivity contribution in [2.75, 3.05) is 18.8 Å². The topological polar surface area (TPSA) is 58.2 Å². The molecule has 0 aliphatic carbocycles. The maximum atomic E-state index is 11.8. The fourth-order valence-electron chi connectivity index (χ4n) is 2.18. The predicted molar refractivity (Wildman–Crippen MR) is 73.0 cm³/mol. The molecule has 1 fully saturated rings. The number of hydrogen-bond donors (Lipinski definition) is 2. The SMILES string of the molecule is O=S(=O)(CCCc1ccccc1)NC1CCNC1. The molecule has 0 saturated carbocycles. The summed E-state index contributed by atoms with van der Waals surface area (Å²) in [6, 6.07) is 10.1. The van der Waals surface area contributed by atoms with Gasteiger partial charge in [-0.2, -0.15) is 0 Å². The summed E-state index contributed by atoms with van der Waals surface area (Å²) < 4.78 is 26.4. The number of aryl methyl sites for hydroxylation is 1. The van der Waals surface area contributed by atoms with E-state index in [9.17, 15) is 8.42 Å². The van der Waals surface area contributed by atoms with E-state index in [1.54, 1.807) is 0 Å². The van der Waals surface area contributed by atoms with Gasteiger partial charge >= 0.3 is 0 Å². The Balaban J connectivity index is 1.75. The van der Waals surface area contributed by atoms with Gasteiger partial charge in [0.15, 0.2) is 0 Å². The van der Waals surface area contributed by atoms with Gasteiger partial charge in [-0.3, -0.25) is 0 Å². The van der Waals surface area contributed by atoms with Crippen LogP contribution >= 0.6 is 0 Å². The molecule has 0 bridgehead atoms. The molecule has 1 aromatic carbocycles. The van der Waals surface area contributed by atoms with Crippen molar-refractivity contribution in [2.24, 2.45) is 0 Å². The second kappa shape index (κ2) is 6.31. The molecular formula is C13H20N2O2S. The molecule has 2 N–H and O–H groups in total. The van der Waals surface area contributed by atoms with E-state index in [2.05, 4.69) is 10.0 Å². The van der Waals surface area contributed by atoms with Gasteiger partial charge < -0.3 is 5.32 Å². The summed E-state index contributed by atoms with van der Waals surface area (Å²) in [4.78, 5) is 0. The summed E-state index contributed by atoms with van der Waals surface area (Å²) in [6.45, 7) is 1.65. The number of rotatable bonds is 6. The van der Waals surface area contributed by atoms with Crippen molar-refractivity contribution >= 4 is 10.0 Å². The highest BCUT2D eigenvalue weighted by Gasteiger charge is 2.20. The van der Waals surface area contributed by atoms with Gasteiger partial charge in [0.05, 0.1) is 5.75 Å². The van der Waals surface area contributed by atoms with Crippen LogP contribution in [0.4, 0.5) is 0 Å². The van der Waals surface area contributed by atoms with Crippen LogP contribution in [0.3, 0.4) is 0 Å². The van der Waals surface area contributed by atoms with Crippen LogP contribution in [0.5, 0.6) is 0 Å². The third-order valence-electron chi connectivity index (χ3n) is 3.13. The van der Waals surface area contributed by atoms with Crippen molar-refractivity contribution in [3.05, 3.63) is 35.9 Å².